The van der Waals surface area contributed by atoms with Crippen molar-refractivity contribution in [1.29, 1.82) is 0 Å². The summed E-state index contributed by atoms with van der Waals surface area (Å²) in [4.78, 5) is 0. The van der Waals surface area contributed by atoms with Crippen molar-refractivity contribution in [1.82, 2.24) is 0 Å². The van der Waals surface area contributed by atoms with E-state index in [1.165, 1.54) is 77.0 Å². The van der Waals surface area contributed by atoms with E-state index in [4.69, 9.17) is 0 Å². The average molecular weight is 485 g/mol. The first-order valence-electron chi connectivity index (χ1n) is 10.8. The Balaban J connectivity index is 0.00000131. The fraction of sp³-hybridized carbons (Fsp3) is 0.667. The normalized spacial score (nSPS) is 24.2. The van der Waals surface area contributed by atoms with Gasteiger partial charge in [-0.15, -0.1) is 0 Å². The maximum absolute atomic E-state index is 2.57. The van der Waals surface area contributed by atoms with Gasteiger partial charge < -0.3 is 24.8 Å². The van der Waals surface area contributed by atoms with Crippen molar-refractivity contribution in [3.8, 4) is 0 Å². The third kappa shape index (κ3) is 5.32. The number of allylic oxidation sites excluding steroid dienone is 8. The zero-order valence-corrected chi connectivity index (χ0v) is 21.0. The van der Waals surface area contributed by atoms with E-state index in [2.05, 4.69) is 26.0 Å². The van der Waals surface area contributed by atoms with E-state index in [9.17, 15) is 0 Å². The number of halogens is 2. The fourth-order valence-electron chi connectivity index (χ4n) is 5.76. The molecule has 148 valence electrons. The molecule has 2 saturated carbocycles. The minimum absolute atomic E-state index is 0. The summed E-state index contributed by atoms with van der Waals surface area (Å²) < 4.78 is 3.92. The van der Waals surface area contributed by atoms with Gasteiger partial charge in [-0.3, -0.25) is 0 Å². The summed E-state index contributed by atoms with van der Waals surface area (Å²) in [5.74, 6) is 1.83. The standard InChI is InChI=1S/2C12H17.2ClH.Zr/c2*1-10-6-5-9-12(10)11-7-3-2-4-8-11;;;/h2*6,11H,2-5,7-8H2,1H3;2*1H;/q;;;;+2/p-2. The molecule has 0 spiro atoms. The molecule has 4 rings (SSSR count). The Morgan fingerprint density at radius 2 is 1.00 bits per heavy atom. The average Bonchev–Trinajstić information content (AvgIpc) is 3.19. The van der Waals surface area contributed by atoms with Gasteiger partial charge in [0.15, 0.2) is 0 Å². The van der Waals surface area contributed by atoms with Crippen LogP contribution in [0.1, 0.15) is 90.9 Å². The van der Waals surface area contributed by atoms with E-state index < -0.39 is 23.2 Å². The molecule has 0 nitrogen and oxygen atoms in total. The summed E-state index contributed by atoms with van der Waals surface area (Å²) >= 11 is -0.567. The molecule has 0 bridgehead atoms. The monoisotopic (exact) mass is 482 g/mol. The molecule has 0 radical (unpaired) electrons. The third-order valence-electron chi connectivity index (χ3n) is 7.05. The Morgan fingerprint density at radius 1 is 0.630 bits per heavy atom. The van der Waals surface area contributed by atoms with Crippen LogP contribution in [0.4, 0.5) is 0 Å². The topological polar surface area (TPSA) is 0 Å². The molecular weight excluding hydrogens is 450 g/mol. The van der Waals surface area contributed by atoms with Crippen LogP contribution in [0, 0.1) is 11.8 Å². The molecule has 0 unspecified atom stereocenters. The van der Waals surface area contributed by atoms with E-state index in [1.807, 2.05) is 17.7 Å². The fourth-order valence-corrected chi connectivity index (χ4v) is 10.3. The van der Waals surface area contributed by atoms with Gasteiger partial charge in [0.25, 0.3) is 0 Å². The van der Waals surface area contributed by atoms with Gasteiger partial charge in [0.2, 0.25) is 0 Å². The molecular formula is C24H34Cl2Zr. The molecule has 4 aliphatic carbocycles. The predicted octanol–water partition coefficient (Wildman–Crippen LogP) is 1.45. The SMILES string of the molecule is CC1=CC[C]([Zr+2][C]2=C(C3CCCCC3)C(C)=CC2)=C1C1CCCCC1.[Cl-].[Cl-]. The Morgan fingerprint density at radius 3 is 1.37 bits per heavy atom. The van der Waals surface area contributed by atoms with E-state index in [0.717, 1.165) is 11.8 Å². The molecule has 0 aromatic rings. The van der Waals surface area contributed by atoms with Crippen LogP contribution in [-0.2, 0) is 23.2 Å². The molecule has 27 heavy (non-hydrogen) atoms. The largest absolute Gasteiger partial charge is 1.00 e. The number of hydrogen-bond acceptors (Lipinski definition) is 0. The molecule has 0 atom stereocenters. The van der Waals surface area contributed by atoms with Crippen LogP contribution in [-0.4, -0.2) is 0 Å². The van der Waals surface area contributed by atoms with Gasteiger partial charge in [-0.05, 0) is 0 Å². The van der Waals surface area contributed by atoms with Crippen LogP contribution in [0.3, 0.4) is 0 Å². The van der Waals surface area contributed by atoms with Crippen molar-refractivity contribution >= 4 is 0 Å². The zero-order chi connectivity index (χ0) is 17.2. The maximum Gasteiger partial charge on any atom is -1.00 e. The first-order valence-corrected chi connectivity index (χ1v) is 13.3. The minimum atomic E-state index is -0.567. The van der Waals surface area contributed by atoms with Crippen LogP contribution in [0.5, 0.6) is 0 Å². The van der Waals surface area contributed by atoms with Gasteiger partial charge in [0, 0.05) is 0 Å². The Labute approximate surface area is 190 Å². The smallest absolute Gasteiger partial charge is 1.00 e. The minimum Gasteiger partial charge on any atom is -1.00 e. The van der Waals surface area contributed by atoms with E-state index in [-0.39, 0.29) is 24.8 Å². The molecule has 0 aliphatic heterocycles. The molecule has 3 heteroatoms. The maximum atomic E-state index is 2.57. The second kappa shape index (κ2) is 11.0. The Hall–Kier alpha value is 0.423. The van der Waals surface area contributed by atoms with Crippen LogP contribution in [0.25, 0.3) is 0 Å². The van der Waals surface area contributed by atoms with Crippen molar-refractivity contribution in [2.75, 3.05) is 0 Å². The predicted molar refractivity (Wildman–Crippen MR) is 104 cm³/mol. The van der Waals surface area contributed by atoms with E-state index >= 15 is 0 Å². The van der Waals surface area contributed by atoms with Crippen molar-refractivity contribution in [3.63, 3.8) is 0 Å². The van der Waals surface area contributed by atoms with Gasteiger partial charge in [0.05, 0.1) is 0 Å². The molecule has 0 N–H and O–H groups in total. The van der Waals surface area contributed by atoms with Gasteiger partial charge in [0.1, 0.15) is 0 Å². The number of hydrogen-bond donors (Lipinski definition) is 0. The first-order chi connectivity index (χ1) is 12.2. The second-order valence-electron chi connectivity index (χ2n) is 8.76. The van der Waals surface area contributed by atoms with Crippen LogP contribution < -0.4 is 24.8 Å². The van der Waals surface area contributed by atoms with E-state index in [0.29, 0.717) is 0 Å². The third-order valence-corrected chi connectivity index (χ3v) is 10.9. The summed E-state index contributed by atoms with van der Waals surface area (Å²) in [6.45, 7) is 4.82. The van der Waals surface area contributed by atoms with Gasteiger partial charge >= 0.3 is 167 Å². The van der Waals surface area contributed by atoms with Crippen molar-refractivity contribution < 1.29 is 48.0 Å². The summed E-state index contributed by atoms with van der Waals surface area (Å²) in [5.41, 5.74) is 7.05. The summed E-state index contributed by atoms with van der Waals surface area (Å²) in [7, 11) is 0. The molecule has 4 aliphatic rings. The number of rotatable bonds is 4. The van der Waals surface area contributed by atoms with Crippen molar-refractivity contribution in [3.05, 3.63) is 41.0 Å². The van der Waals surface area contributed by atoms with Gasteiger partial charge in [-0.25, -0.2) is 0 Å². The molecule has 0 aromatic heterocycles. The molecule has 0 aromatic carbocycles. The summed E-state index contributed by atoms with van der Waals surface area (Å²) in [6.07, 6.45) is 22.4. The van der Waals surface area contributed by atoms with Crippen molar-refractivity contribution in [2.24, 2.45) is 11.8 Å². The molecule has 0 amide bonds. The Bertz CT molecular complexity index is 585. The van der Waals surface area contributed by atoms with Crippen LogP contribution >= 0.6 is 0 Å². The van der Waals surface area contributed by atoms with Crippen LogP contribution in [0.15, 0.2) is 41.0 Å². The Kier molecular flexibility index (Phi) is 9.65. The van der Waals surface area contributed by atoms with Crippen molar-refractivity contribution in [2.45, 2.75) is 90.9 Å². The molecule has 2 fully saturated rings. The summed E-state index contributed by atoms with van der Waals surface area (Å²) in [5, 5.41) is 0. The van der Waals surface area contributed by atoms with Crippen LogP contribution in [0.2, 0.25) is 0 Å². The first kappa shape index (κ1) is 23.7. The molecule has 0 saturated heterocycles. The quantitative estimate of drug-likeness (QED) is 0.567. The summed E-state index contributed by atoms with van der Waals surface area (Å²) in [6, 6.07) is 0. The second-order valence-corrected chi connectivity index (χ2v) is 12.3. The molecule has 0 heterocycles. The zero-order valence-electron chi connectivity index (χ0n) is 17.1. The van der Waals surface area contributed by atoms with Gasteiger partial charge in [-0.1, -0.05) is 0 Å². The van der Waals surface area contributed by atoms with Gasteiger partial charge in [-0.2, -0.15) is 0 Å². The van der Waals surface area contributed by atoms with E-state index in [1.54, 1.807) is 11.1 Å².